The van der Waals surface area contributed by atoms with Crippen molar-refractivity contribution in [1.29, 1.82) is 0 Å². The van der Waals surface area contributed by atoms with Gasteiger partial charge < -0.3 is 11.5 Å². The minimum atomic E-state index is 0.179. The van der Waals surface area contributed by atoms with Gasteiger partial charge in [0, 0.05) is 34.0 Å². The number of benzene rings is 2. The van der Waals surface area contributed by atoms with Crippen molar-refractivity contribution in [1.82, 2.24) is 0 Å². The standard InChI is InChI=1S/C23H30N2O2S2/c24-18-12-8-10-14-20(18)28-22(26)16-6-4-2-1-3-5-7-17-23(27)29-21-15-11-9-13-19(21)25/h8-15H,1-7,16-17,24-25H2. The number of unbranched alkanes of at least 4 members (excludes halogenated alkanes) is 6. The molecule has 0 saturated heterocycles. The monoisotopic (exact) mass is 430 g/mol. The molecule has 4 N–H and O–H groups in total. The van der Waals surface area contributed by atoms with Gasteiger partial charge in [-0.2, -0.15) is 0 Å². The van der Waals surface area contributed by atoms with Gasteiger partial charge in [-0.15, -0.1) is 0 Å². The van der Waals surface area contributed by atoms with Crippen LogP contribution in [0.5, 0.6) is 0 Å². The summed E-state index contributed by atoms with van der Waals surface area (Å²) in [6.07, 6.45) is 8.58. The van der Waals surface area contributed by atoms with Gasteiger partial charge in [-0.25, -0.2) is 0 Å². The molecule has 0 atom stereocenters. The Morgan fingerprint density at radius 2 is 0.931 bits per heavy atom. The van der Waals surface area contributed by atoms with E-state index in [1.54, 1.807) is 0 Å². The Bertz CT molecular complexity index is 730. The maximum atomic E-state index is 12.0. The summed E-state index contributed by atoms with van der Waals surface area (Å²) in [6.45, 7) is 0. The normalized spacial score (nSPS) is 10.8. The molecule has 0 aliphatic rings. The van der Waals surface area contributed by atoms with Gasteiger partial charge in [0.05, 0.1) is 0 Å². The van der Waals surface area contributed by atoms with Crippen molar-refractivity contribution in [3.8, 4) is 0 Å². The second-order valence-corrected chi connectivity index (χ2v) is 9.20. The van der Waals surface area contributed by atoms with E-state index in [0.29, 0.717) is 24.2 Å². The number of carbonyl (C=O) groups is 2. The van der Waals surface area contributed by atoms with Crippen LogP contribution in [0.3, 0.4) is 0 Å². The number of hydrogen-bond acceptors (Lipinski definition) is 6. The van der Waals surface area contributed by atoms with Crippen molar-refractivity contribution >= 4 is 45.1 Å². The number of hydrogen-bond donors (Lipinski definition) is 2. The molecule has 6 heteroatoms. The Morgan fingerprint density at radius 1 is 0.586 bits per heavy atom. The van der Waals surface area contributed by atoms with Gasteiger partial charge in [0.15, 0.2) is 10.2 Å². The minimum Gasteiger partial charge on any atom is -0.398 e. The van der Waals surface area contributed by atoms with Crippen LogP contribution in [0.4, 0.5) is 11.4 Å². The third-order valence-electron chi connectivity index (χ3n) is 4.55. The Hall–Kier alpha value is -1.92. The zero-order valence-corrected chi connectivity index (χ0v) is 18.4. The number of nitrogens with two attached hydrogens (primary N) is 2. The molecule has 0 aliphatic carbocycles. The zero-order chi connectivity index (χ0) is 20.9. The van der Waals surface area contributed by atoms with Gasteiger partial charge >= 0.3 is 0 Å². The van der Waals surface area contributed by atoms with E-state index in [9.17, 15) is 9.59 Å². The number of rotatable bonds is 12. The van der Waals surface area contributed by atoms with E-state index < -0.39 is 0 Å². The zero-order valence-electron chi connectivity index (χ0n) is 16.8. The highest BCUT2D eigenvalue weighted by atomic mass is 32.2. The maximum Gasteiger partial charge on any atom is 0.193 e. The molecular weight excluding hydrogens is 400 g/mol. The fourth-order valence-electron chi connectivity index (χ4n) is 2.92. The average Bonchev–Trinajstić information content (AvgIpc) is 2.70. The van der Waals surface area contributed by atoms with Crippen LogP contribution in [0.2, 0.25) is 0 Å². The second kappa shape index (κ2) is 13.3. The van der Waals surface area contributed by atoms with E-state index in [-0.39, 0.29) is 10.2 Å². The Labute approximate surface area is 182 Å². The molecular formula is C23H30N2O2S2. The lowest BCUT2D eigenvalue weighted by atomic mass is 10.1. The molecule has 0 fully saturated rings. The van der Waals surface area contributed by atoms with Crippen molar-refractivity contribution in [2.75, 3.05) is 11.5 Å². The van der Waals surface area contributed by atoms with E-state index in [1.807, 2.05) is 48.5 Å². The van der Waals surface area contributed by atoms with Crippen molar-refractivity contribution in [2.24, 2.45) is 0 Å². The molecule has 0 spiro atoms. The van der Waals surface area contributed by atoms with Crippen LogP contribution in [0, 0.1) is 0 Å². The molecule has 2 aromatic carbocycles. The van der Waals surface area contributed by atoms with Gasteiger partial charge in [0.1, 0.15) is 0 Å². The molecule has 0 aromatic heterocycles. The van der Waals surface area contributed by atoms with Crippen molar-refractivity contribution in [3.63, 3.8) is 0 Å². The number of thioether (sulfide) groups is 2. The van der Waals surface area contributed by atoms with Gasteiger partial charge in [-0.05, 0) is 60.6 Å². The second-order valence-electron chi connectivity index (χ2n) is 7.00. The van der Waals surface area contributed by atoms with E-state index in [1.165, 1.54) is 23.5 Å². The lowest BCUT2D eigenvalue weighted by Crippen LogP contribution is -1.95. The van der Waals surface area contributed by atoms with Crippen LogP contribution in [-0.4, -0.2) is 10.2 Å². The van der Waals surface area contributed by atoms with E-state index in [4.69, 9.17) is 11.5 Å². The smallest absolute Gasteiger partial charge is 0.193 e. The summed E-state index contributed by atoms with van der Waals surface area (Å²) in [7, 11) is 0. The van der Waals surface area contributed by atoms with Crippen LogP contribution >= 0.6 is 23.5 Å². The molecule has 0 radical (unpaired) electrons. The molecule has 156 valence electrons. The summed E-state index contributed by atoms with van der Waals surface area (Å²) in [5, 5.41) is 0.357. The van der Waals surface area contributed by atoms with Gasteiger partial charge in [-0.1, -0.05) is 56.4 Å². The molecule has 0 aliphatic heterocycles. The number of nitrogen functional groups attached to an aromatic ring is 2. The summed E-state index contributed by atoms with van der Waals surface area (Å²) >= 11 is 2.49. The van der Waals surface area contributed by atoms with Crippen LogP contribution in [0.25, 0.3) is 0 Å². The van der Waals surface area contributed by atoms with Gasteiger partial charge in [0.2, 0.25) is 0 Å². The first kappa shape index (κ1) is 23.4. The number of anilines is 2. The first-order valence-electron chi connectivity index (χ1n) is 10.2. The van der Waals surface area contributed by atoms with Crippen LogP contribution < -0.4 is 11.5 Å². The van der Waals surface area contributed by atoms with Crippen molar-refractivity contribution < 1.29 is 9.59 Å². The van der Waals surface area contributed by atoms with Crippen LogP contribution in [0.15, 0.2) is 58.3 Å². The van der Waals surface area contributed by atoms with Crippen LogP contribution in [-0.2, 0) is 9.59 Å². The lowest BCUT2D eigenvalue weighted by molar-refractivity contribution is -0.111. The molecule has 4 nitrogen and oxygen atoms in total. The van der Waals surface area contributed by atoms with E-state index >= 15 is 0 Å². The molecule has 2 aromatic rings. The fourth-order valence-corrected chi connectivity index (χ4v) is 4.57. The van der Waals surface area contributed by atoms with E-state index in [2.05, 4.69) is 0 Å². The highest BCUT2D eigenvalue weighted by molar-refractivity contribution is 8.14. The predicted molar refractivity (Wildman–Crippen MR) is 125 cm³/mol. The third-order valence-corrected chi connectivity index (χ3v) is 6.59. The first-order chi connectivity index (χ1) is 14.1. The molecule has 0 amide bonds. The van der Waals surface area contributed by atoms with Crippen molar-refractivity contribution in [3.05, 3.63) is 48.5 Å². The van der Waals surface area contributed by atoms with Gasteiger partial charge in [0.25, 0.3) is 0 Å². The topological polar surface area (TPSA) is 86.2 Å². The molecule has 29 heavy (non-hydrogen) atoms. The largest absolute Gasteiger partial charge is 0.398 e. The fraction of sp³-hybridized carbons (Fsp3) is 0.391. The van der Waals surface area contributed by atoms with Crippen molar-refractivity contribution in [2.45, 2.75) is 67.6 Å². The third kappa shape index (κ3) is 9.41. The minimum absolute atomic E-state index is 0.179. The van der Waals surface area contributed by atoms with Gasteiger partial charge in [-0.3, -0.25) is 9.59 Å². The number of para-hydroxylation sites is 2. The first-order valence-corrected chi connectivity index (χ1v) is 11.8. The highest BCUT2D eigenvalue weighted by Crippen LogP contribution is 2.28. The summed E-state index contributed by atoms with van der Waals surface area (Å²) in [5.41, 5.74) is 13.1. The Morgan fingerprint density at radius 3 is 1.31 bits per heavy atom. The van der Waals surface area contributed by atoms with Crippen LogP contribution in [0.1, 0.15) is 57.8 Å². The molecule has 0 saturated carbocycles. The molecule has 0 heterocycles. The quantitative estimate of drug-likeness (QED) is 0.233. The summed E-state index contributed by atoms with van der Waals surface area (Å²) < 4.78 is 0. The SMILES string of the molecule is Nc1ccccc1SC(=O)CCCCCCCCCC(=O)Sc1ccccc1N. The summed E-state index contributed by atoms with van der Waals surface area (Å²) in [6, 6.07) is 14.9. The lowest BCUT2D eigenvalue weighted by Gasteiger charge is -2.05. The summed E-state index contributed by atoms with van der Waals surface area (Å²) in [5.74, 6) is 0. The Kier molecular flexibility index (Phi) is 10.7. The molecule has 0 bridgehead atoms. The predicted octanol–water partition coefficient (Wildman–Crippen LogP) is 6.30. The summed E-state index contributed by atoms with van der Waals surface area (Å²) in [4.78, 5) is 25.7. The molecule has 0 unspecified atom stereocenters. The average molecular weight is 431 g/mol. The number of carbonyl (C=O) groups excluding carboxylic acids is 2. The molecule has 2 rings (SSSR count). The maximum absolute atomic E-state index is 12.0. The highest BCUT2D eigenvalue weighted by Gasteiger charge is 2.08. The van der Waals surface area contributed by atoms with E-state index in [0.717, 1.165) is 54.7 Å². The Balaban J connectivity index is 1.45.